The number of hydrogen-bond donors (Lipinski definition) is 1. The molecule has 5 nitrogen and oxygen atoms in total. The first kappa shape index (κ1) is 14.9. The molecule has 1 fully saturated rings. The Labute approximate surface area is 140 Å². The first-order chi connectivity index (χ1) is 11.8. The minimum Gasteiger partial charge on any atom is -0.495 e. The molecule has 1 aliphatic heterocycles. The zero-order valence-electron chi connectivity index (χ0n) is 13.5. The number of rotatable bonds is 4. The van der Waals surface area contributed by atoms with E-state index in [-0.39, 0.29) is 17.7 Å². The summed E-state index contributed by atoms with van der Waals surface area (Å²) >= 11 is 0. The third-order valence-corrected chi connectivity index (χ3v) is 4.49. The fraction of sp³-hybridized carbons (Fsp3) is 0.316. The number of hydrogen-bond acceptors (Lipinski definition) is 4. The van der Waals surface area contributed by atoms with Crippen molar-refractivity contribution in [2.24, 2.45) is 5.92 Å². The molecule has 1 N–H and O–H groups in total. The van der Waals surface area contributed by atoms with Gasteiger partial charge in [-0.05, 0) is 42.2 Å². The Morgan fingerprint density at radius 3 is 2.75 bits per heavy atom. The van der Waals surface area contributed by atoms with Crippen LogP contribution in [0, 0.1) is 5.92 Å². The molecule has 0 radical (unpaired) electrons. The molecule has 1 saturated carbocycles. The van der Waals surface area contributed by atoms with E-state index in [4.69, 9.17) is 14.2 Å². The molecule has 4 rings (SSSR count). The van der Waals surface area contributed by atoms with Crippen LogP contribution in [0.3, 0.4) is 0 Å². The second-order valence-electron chi connectivity index (χ2n) is 6.04. The summed E-state index contributed by atoms with van der Waals surface area (Å²) in [6, 6.07) is 13.4. The Kier molecular flexibility index (Phi) is 3.76. The van der Waals surface area contributed by atoms with Crippen molar-refractivity contribution in [1.82, 2.24) is 0 Å². The number of anilines is 1. The van der Waals surface area contributed by atoms with Crippen LogP contribution in [0.5, 0.6) is 17.2 Å². The molecule has 124 valence electrons. The molecule has 2 aromatic rings. The lowest BCUT2D eigenvalue weighted by Crippen LogP contribution is -2.16. The minimum atomic E-state index is -0.0162. The number of carbonyl (C=O) groups excluding carboxylic acids is 1. The van der Waals surface area contributed by atoms with Gasteiger partial charge in [-0.1, -0.05) is 18.2 Å². The van der Waals surface area contributed by atoms with Crippen molar-refractivity contribution < 1.29 is 19.0 Å². The van der Waals surface area contributed by atoms with Crippen molar-refractivity contribution in [3.05, 3.63) is 48.0 Å². The molecule has 1 aliphatic carbocycles. The Balaban J connectivity index is 1.45. The van der Waals surface area contributed by atoms with Gasteiger partial charge >= 0.3 is 0 Å². The monoisotopic (exact) mass is 325 g/mol. The van der Waals surface area contributed by atoms with Gasteiger partial charge in [0.2, 0.25) is 5.91 Å². The number of ether oxygens (including phenoxy) is 3. The second kappa shape index (κ2) is 6.07. The van der Waals surface area contributed by atoms with Crippen molar-refractivity contribution in [3.8, 4) is 17.2 Å². The smallest absolute Gasteiger partial charge is 0.228 e. The predicted molar refractivity (Wildman–Crippen MR) is 89.9 cm³/mol. The maximum Gasteiger partial charge on any atom is 0.228 e. The highest BCUT2D eigenvalue weighted by molar-refractivity contribution is 5.96. The summed E-state index contributed by atoms with van der Waals surface area (Å²) in [4.78, 5) is 12.5. The quantitative estimate of drug-likeness (QED) is 0.938. The molecule has 1 heterocycles. The lowest BCUT2D eigenvalue weighted by Gasteiger charge is -2.18. The summed E-state index contributed by atoms with van der Waals surface area (Å²) in [6.07, 6.45) is 0.848. The number of benzene rings is 2. The molecule has 0 spiro atoms. The number of carbonyl (C=O) groups is 1. The molecular weight excluding hydrogens is 306 g/mol. The average molecular weight is 325 g/mol. The van der Waals surface area contributed by atoms with Gasteiger partial charge in [0, 0.05) is 5.92 Å². The average Bonchev–Trinajstić information content (AvgIpc) is 3.43. The topological polar surface area (TPSA) is 56.8 Å². The van der Waals surface area contributed by atoms with Crippen LogP contribution in [0.1, 0.15) is 17.9 Å². The summed E-state index contributed by atoms with van der Waals surface area (Å²) in [6.45, 7) is 1.15. The second-order valence-corrected chi connectivity index (χ2v) is 6.04. The van der Waals surface area contributed by atoms with Gasteiger partial charge < -0.3 is 19.5 Å². The summed E-state index contributed by atoms with van der Waals surface area (Å²) in [5.74, 6) is 2.46. The van der Waals surface area contributed by atoms with E-state index < -0.39 is 0 Å². The molecule has 2 atom stereocenters. The third kappa shape index (κ3) is 2.77. The molecule has 0 unspecified atom stereocenters. The molecule has 0 saturated heterocycles. The molecule has 5 heteroatoms. The molecule has 2 aliphatic rings. The van der Waals surface area contributed by atoms with Crippen LogP contribution in [-0.4, -0.2) is 26.2 Å². The lowest BCUT2D eigenvalue weighted by atomic mass is 10.1. The normalized spacial score (nSPS) is 21.0. The highest BCUT2D eigenvalue weighted by Crippen LogP contribution is 2.50. The third-order valence-electron chi connectivity index (χ3n) is 4.49. The Morgan fingerprint density at radius 1 is 1.12 bits per heavy atom. The van der Waals surface area contributed by atoms with E-state index in [9.17, 15) is 4.79 Å². The van der Waals surface area contributed by atoms with Crippen molar-refractivity contribution in [3.63, 3.8) is 0 Å². The van der Waals surface area contributed by atoms with Crippen molar-refractivity contribution in [1.29, 1.82) is 0 Å². The van der Waals surface area contributed by atoms with Crippen LogP contribution in [0.4, 0.5) is 5.69 Å². The number of fused-ring (bicyclic) bond motifs is 1. The van der Waals surface area contributed by atoms with E-state index in [2.05, 4.69) is 5.32 Å². The van der Waals surface area contributed by atoms with Gasteiger partial charge in [-0.3, -0.25) is 4.79 Å². The van der Waals surface area contributed by atoms with Gasteiger partial charge in [0.15, 0.2) is 11.5 Å². The van der Waals surface area contributed by atoms with Crippen molar-refractivity contribution >= 4 is 11.6 Å². The largest absolute Gasteiger partial charge is 0.495 e. The van der Waals surface area contributed by atoms with Crippen LogP contribution < -0.4 is 19.5 Å². The lowest BCUT2D eigenvalue weighted by molar-refractivity contribution is -0.117. The SMILES string of the molecule is COc1ccccc1NC(=O)[C@H]1C[C@@H]1c1ccc2c(c1)OCCO2. The first-order valence-electron chi connectivity index (χ1n) is 8.09. The standard InChI is InChI=1S/C19H19NO4/c1-22-16-5-3-2-4-15(16)20-19(21)14-11-13(14)12-6-7-17-18(10-12)24-9-8-23-17/h2-7,10,13-14H,8-9,11H2,1H3,(H,20,21)/t13-,14+/m1/s1. The van der Waals surface area contributed by atoms with Gasteiger partial charge in [-0.25, -0.2) is 0 Å². The number of methoxy groups -OCH3 is 1. The van der Waals surface area contributed by atoms with Crippen molar-refractivity contribution in [2.75, 3.05) is 25.6 Å². The van der Waals surface area contributed by atoms with Gasteiger partial charge in [0.25, 0.3) is 0 Å². The van der Waals surface area contributed by atoms with Crippen LogP contribution in [0.25, 0.3) is 0 Å². The summed E-state index contributed by atoms with van der Waals surface area (Å²) in [5.41, 5.74) is 1.83. The van der Waals surface area contributed by atoms with Crippen LogP contribution >= 0.6 is 0 Å². The molecular formula is C19H19NO4. The molecule has 0 bridgehead atoms. The van der Waals surface area contributed by atoms with E-state index in [0.29, 0.717) is 24.7 Å². The van der Waals surface area contributed by atoms with E-state index >= 15 is 0 Å². The van der Waals surface area contributed by atoms with Gasteiger partial charge in [0.1, 0.15) is 19.0 Å². The van der Waals surface area contributed by atoms with E-state index in [1.165, 1.54) is 0 Å². The number of amides is 1. The molecule has 0 aromatic heterocycles. The summed E-state index contributed by atoms with van der Waals surface area (Å²) < 4.78 is 16.4. The zero-order chi connectivity index (χ0) is 16.5. The number of nitrogens with one attached hydrogen (secondary N) is 1. The zero-order valence-corrected chi connectivity index (χ0v) is 13.5. The number of para-hydroxylation sites is 2. The Bertz CT molecular complexity index is 774. The van der Waals surface area contributed by atoms with Crippen LogP contribution in [0.2, 0.25) is 0 Å². The highest BCUT2D eigenvalue weighted by atomic mass is 16.6. The van der Waals surface area contributed by atoms with Gasteiger partial charge in [0.05, 0.1) is 12.8 Å². The predicted octanol–water partition coefficient (Wildman–Crippen LogP) is 3.21. The van der Waals surface area contributed by atoms with Gasteiger partial charge in [-0.15, -0.1) is 0 Å². The minimum absolute atomic E-state index is 0.0162. The molecule has 2 aromatic carbocycles. The molecule has 24 heavy (non-hydrogen) atoms. The maximum absolute atomic E-state index is 12.5. The van der Waals surface area contributed by atoms with Crippen molar-refractivity contribution in [2.45, 2.75) is 12.3 Å². The Morgan fingerprint density at radius 2 is 1.92 bits per heavy atom. The first-order valence-corrected chi connectivity index (χ1v) is 8.09. The van der Waals surface area contributed by atoms with Crippen LogP contribution in [-0.2, 0) is 4.79 Å². The summed E-state index contributed by atoms with van der Waals surface area (Å²) in [7, 11) is 1.60. The van der Waals surface area contributed by atoms with Gasteiger partial charge in [-0.2, -0.15) is 0 Å². The van der Waals surface area contributed by atoms with E-state index in [1.807, 2.05) is 42.5 Å². The highest BCUT2D eigenvalue weighted by Gasteiger charge is 2.44. The van der Waals surface area contributed by atoms with E-state index in [1.54, 1.807) is 7.11 Å². The fourth-order valence-electron chi connectivity index (χ4n) is 3.12. The maximum atomic E-state index is 12.5. The summed E-state index contributed by atoms with van der Waals surface area (Å²) in [5, 5.41) is 2.97. The fourth-order valence-corrected chi connectivity index (χ4v) is 3.12. The van der Waals surface area contributed by atoms with Crippen LogP contribution in [0.15, 0.2) is 42.5 Å². The molecule has 1 amide bonds. The van der Waals surface area contributed by atoms with E-state index in [0.717, 1.165) is 23.5 Å². The Hall–Kier alpha value is -2.69.